The Morgan fingerprint density at radius 2 is 2.25 bits per heavy atom. The molecule has 62 valence electrons. The Morgan fingerprint density at radius 1 is 1.42 bits per heavy atom. The Morgan fingerprint density at radius 3 is 3.00 bits per heavy atom. The predicted molar refractivity (Wildman–Crippen MR) is 49.0 cm³/mol. The van der Waals surface area contributed by atoms with E-state index in [1.54, 1.807) is 13.2 Å². The number of methoxy groups -OCH3 is 1. The van der Waals surface area contributed by atoms with Gasteiger partial charge in [0.15, 0.2) is 0 Å². The minimum Gasteiger partial charge on any atom is -0.495 e. The maximum absolute atomic E-state index is 5.96. The first-order chi connectivity index (χ1) is 5.83. The van der Waals surface area contributed by atoms with Gasteiger partial charge in [-0.15, -0.1) is 0 Å². The third-order valence-electron chi connectivity index (χ3n) is 1.55. The normalized spacial score (nSPS) is 10.5. The molecule has 0 fully saturated rings. The van der Waals surface area contributed by atoms with Gasteiger partial charge in [-0.05, 0) is 12.1 Å². The second-order valence-corrected chi connectivity index (χ2v) is 3.12. The van der Waals surface area contributed by atoms with E-state index in [1.807, 2.05) is 6.07 Å². The molecular formula is C7H5ClN2OS. The van der Waals surface area contributed by atoms with Crippen molar-refractivity contribution in [1.82, 2.24) is 8.75 Å². The van der Waals surface area contributed by atoms with Gasteiger partial charge in [0.2, 0.25) is 0 Å². The van der Waals surface area contributed by atoms with Crippen LogP contribution in [-0.2, 0) is 0 Å². The molecule has 0 bridgehead atoms. The summed E-state index contributed by atoms with van der Waals surface area (Å²) in [6.45, 7) is 0. The molecule has 12 heavy (non-hydrogen) atoms. The number of aromatic nitrogens is 2. The van der Waals surface area contributed by atoms with Crippen LogP contribution in [0.3, 0.4) is 0 Å². The zero-order valence-corrected chi connectivity index (χ0v) is 7.82. The minimum atomic E-state index is 0.531. The monoisotopic (exact) mass is 200 g/mol. The minimum absolute atomic E-state index is 0.531. The average molecular weight is 201 g/mol. The number of nitrogens with zero attached hydrogens (tertiary/aromatic N) is 2. The van der Waals surface area contributed by atoms with E-state index in [0.717, 1.165) is 17.2 Å². The molecule has 0 atom stereocenters. The first-order valence-corrected chi connectivity index (χ1v) is 4.38. The molecule has 2 rings (SSSR count). The van der Waals surface area contributed by atoms with Gasteiger partial charge in [-0.25, -0.2) is 0 Å². The Bertz CT molecular complexity index is 415. The summed E-state index contributed by atoms with van der Waals surface area (Å²) in [5.41, 5.74) is 1.52. The molecule has 2 aromatic rings. The van der Waals surface area contributed by atoms with E-state index < -0.39 is 0 Å². The number of benzene rings is 1. The fourth-order valence-electron chi connectivity index (χ4n) is 0.959. The van der Waals surface area contributed by atoms with E-state index in [9.17, 15) is 0 Å². The van der Waals surface area contributed by atoms with Crippen LogP contribution in [-0.4, -0.2) is 15.9 Å². The second-order valence-electron chi connectivity index (χ2n) is 2.21. The maximum atomic E-state index is 5.96. The Hall–Kier alpha value is -0.870. The van der Waals surface area contributed by atoms with Crippen LogP contribution in [0.25, 0.3) is 11.0 Å². The third-order valence-corrected chi connectivity index (χ3v) is 2.46. The SMILES string of the molecule is COc1ccc2nsnc2c1Cl. The largest absolute Gasteiger partial charge is 0.495 e. The molecule has 0 spiro atoms. The van der Waals surface area contributed by atoms with Crippen LogP contribution < -0.4 is 4.74 Å². The van der Waals surface area contributed by atoms with Crippen molar-refractivity contribution < 1.29 is 4.74 Å². The highest BCUT2D eigenvalue weighted by molar-refractivity contribution is 7.00. The van der Waals surface area contributed by atoms with Crippen molar-refractivity contribution in [3.05, 3.63) is 17.2 Å². The van der Waals surface area contributed by atoms with Crippen LogP contribution in [0.2, 0.25) is 5.02 Å². The number of rotatable bonds is 1. The highest BCUT2D eigenvalue weighted by atomic mass is 35.5. The Labute approximate surface area is 78.3 Å². The van der Waals surface area contributed by atoms with E-state index in [2.05, 4.69) is 8.75 Å². The van der Waals surface area contributed by atoms with Crippen molar-refractivity contribution >= 4 is 34.4 Å². The summed E-state index contributed by atoms with van der Waals surface area (Å²) in [7, 11) is 1.58. The number of halogens is 1. The fourth-order valence-corrected chi connectivity index (χ4v) is 1.83. The number of hydrogen-bond donors (Lipinski definition) is 0. The van der Waals surface area contributed by atoms with Crippen LogP contribution in [0.4, 0.5) is 0 Å². The highest BCUT2D eigenvalue weighted by Gasteiger charge is 2.08. The van der Waals surface area contributed by atoms with Gasteiger partial charge in [0.25, 0.3) is 0 Å². The molecule has 0 aliphatic heterocycles. The summed E-state index contributed by atoms with van der Waals surface area (Å²) in [4.78, 5) is 0. The van der Waals surface area contributed by atoms with Crippen LogP contribution in [0, 0.1) is 0 Å². The molecule has 0 saturated heterocycles. The van der Waals surface area contributed by atoms with Gasteiger partial charge in [-0.2, -0.15) is 8.75 Å². The zero-order chi connectivity index (χ0) is 8.55. The summed E-state index contributed by atoms with van der Waals surface area (Å²) in [5, 5.41) is 0.531. The van der Waals surface area contributed by atoms with Gasteiger partial charge < -0.3 is 4.74 Å². The van der Waals surface area contributed by atoms with Gasteiger partial charge >= 0.3 is 0 Å². The number of fused-ring (bicyclic) bond motifs is 1. The van der Waals surface area contributed by atoms with Gasteiger partial charge in [0, 0.05) is 0 Å². The van der Waals surface area contributed by atoms with E-state index in [0.29, 0.717) is 16.3 Å². The van der Waals surface area contributed by atoms with E-state index in [4.69, 9.17) is 16.3 Å². The Kier molecular flexibility index (Phi) is 1.86. The van der Waals surface area contributed by atoms with Gasteiger partial charge in [-0.3, -0.25) is 0 Å². The smallest absolute Gasteiger partial charge is 0.139 e. The molecule has 0 aliphatic rings. The van der Waals surface area contributed by atoms with Crippen molar-refractivity contribution in [2.24, 2.45) is 0 Å². The average Bonchev–Trinajstić information content (AvgIpc) is 2.53. The molecule has 0 radical (unpaired) electrons. The first kappa shape index (κ1) is 7.76. The lowest BCUT2D eigenvalue weighted by Crippen LogP contribution is -1.84. The molecule has 5 heteroatoms. The lowest BCUT2D eigenvalue weighted by atomic mass is 10.3. The van der Waals surface area contributed by atoms with Crippen LogP contribution in [0.1, 0.15) is 0 Å². The van der Waals surface area contributed by atoms with Crippen molar-refractivity contribution in [2.75, 3.05) is 7.11 Å². The third kappa shape index (κ3) is 1.04. The molecule has 0 amide bonds. The quantitative estimate of drug-likeness (QED) is 0.709. The lowest BCUT2D eigenvalue weighted by molar-refractivity contribution is 0.415. The fraction of sp³-hybridized carbons (Fsp3) is 0.143. The zero-order valence-electron chi connectivity index (χ0n) is 6.24. The molecule has 1 heterocycles. The van der Waals surface area contributed by atoms with Gasteiger partial charge in [0.1, 0.15) is 21.8 Å². The summed E-state index contributed by atoms with van der Waals surface area (Å²) >= 11 is 7.11. The van der Waals surface area contributed by atoms with E-state index in [-0.39, 0.29) is 0 Å². The molecule has 0 unspecified atom stereocenters. The van der Waals surface area contributed by atoms with Gasteiger partial charge in [-0.1, -0.05) is 11.6 Å². The van der Waals surface area contributed by atoms with Crippen molar-refractivity contribution in [1.29, 1.82) is 0 Å². The van der Waals surface area contributed by atoms with Gasteiger partial charge in [0.05, 0.1) is 18.8 Å². The molecule has 1 aromatic heterocycles. The molecule has 0 N–H and O–H groups in total. The number of hydrogen-bond acceptors (Lipinski definition) is 4. The molecular weight excluding hydrogens is 196 g/mol. The molecule has 0 aliphatic carbocycles. The topological polar surface area (TPSA) is 35.0 Å². The lowest BCUT2D eigenvalue weighted by Gasteiger charge is -2.00. The number of ether oxygens (including phenoxy) is 1. The van der Waals surface area contributed by atoms with E-state index in [1.165, 1.54) is 0 Å². The van der Waals surface area contributed by atoms with E-state index >= 15 is 0 Å². The van der Waals surface area contributed by atoms with Crippen LogP contribution in [0.5, 0.6) is 5.75 Å². The predicted octanol–water partition coefficient (Wildman–Crippen LogP) is 2.35. The van der Waals surface area contributed by atoms with Crippen molar-refractivity contribution in [3.8, 4) is 5.75 Å². The summed E-state index contributed by atoms with van der Waals surface area (Å²) in [6.07, 6.45) is 0. The summed E-state index contributed by atoms with van der Waals surface area (Å²) < 4.78 is 13.1. The first-order valence-electron chi connectivity index (χ1n) is 3.27. The van der Waals surface area contributed by atoms with Crippen molar-refractivity contribution in [2.45, 2.75) is 0 Å². The standard InChI is InChI=1S/C7H5ClN2OS/c1-11-5-3-2-4-7(6(5)8)10-12-9-4/h2-3H,1H3. The summed E-state index contributed by atoms with van der Waals surface area (Å²) in [5.74, 6) is 0.636. The highest BCUT2D eigenvalue weighted by Crippen LogP contribution is 2.30. The molecule has 3 nitrogen and oxygen atoms in total. The van der Waals surface area contributed by atoms with Crippen LogP contribution >= 0.6 is 23.3 Å². The summed E-state index contributed by atoms with van der Waals surface area (Å²) in [6, 6.07) is 3.62. The maximum Gasteiger partial charge on any atom is 0.139 e. The second kappa shape index (κ2) is 2.88. The molecule has 1 aromatic carbocycles. The van der Waals surface area contributed by atoms with Crippen molar-refractivity contribution in [3.63, 3.8) is 0 Å². The Balaban J connectivity index is 2.78. The molecule has 0 saturated carbocycles. The van der Waals surface area contributed by atoms with Crippen LogP contribution in [0.15, 0.2) is 12.1 Å².